The monoisotopic (exact) mass is 287 g/mol. The summed E-state index contributed by atoms with van der Waals surface area (Å²) in [4.78, 5) is 3.26. The molecule has 0 bridgehead atoms. The van der Waals surface area contributed by atoms with Crippen molar-refractivity contribution in [1.29, 1.82) is 0 Å². The summed E-state index contributed by atoms with van der Waals surface area (Å²) in [6.07, 6.45) is 1.29. The molecule has 0 amide bonds. The maximum absolute atomic E-state index is 11.8. The van der Waals surface area contributed by atoms with Gasteiger partial charge in [0, 0.05) is 0 Å². The summed E-state index contributed by atoms with van der Waals surface area (Å²) in [6.45, 7) is 0. The van der Waals surface area contributed by atoms with Gasteiger partial charge in [0.2, 0.25) is 0 Å². The molecule has 0 aliphatic carbocycles. The predicted molar refractivity (Wildman–Crippen MR) is 37.1 cm³/mol. The third kappa shape index (κ3) is 4.91. The fraction of sp³-hybridized carbons (Fsp3) is 0. The summed E-state index contributed by atoms with van der Waals surface area (Å²) in [6, 6.07) is 5.31. The van der Waals surface area contributed by atoms with Gasteiger partial charge in [-0.25, -0.2) is 16.5 Å². The van der Waals surface area contributed by atoms with Crippen LogP contribution in [0.3, 0.4) is 0 Å². The van der Waals surface area contributed by atoms with Gasteiger partial charge in [-0.15, -0.1) is 0 Å². The van der Waals surface area contributed by atoms with Crippen LogP contribution in [0.1, 0.15) is 0 Å². The van der Waals surface area contributed by atoms with E-state index in [-0.39, 0.29) is 0 Å². The van der Waals surface area contributed by atoms with Crippen LogP contribution in [-0.2, 0) is 14.8 Å². The zero-order valence-electron chi connectivity index (χ0n) is 4.64. The van der Waals surface area contributed by atoms with Gasteiger partial charge < -0.3 is 0 Å². The molecule has 9 heavy (non-hydrogen) atoms. The zero-order valence-corrected chi connectivity index (χ0v) is 9.77. The van der Waals surface area contributed by atoms with E-state index < -0.39 is 5.95 Å². The van der Waals surface area contributed by atoms with Crippen molar-refractivity contribution in [1.82, 2.24) is 4.98 Å². The molecule has 0 aliphatic heterocycles. The van der Waals surface area contributed by atoms with Crippen molar-refractivity contribution < 1.29 is 19.2 Å². The first-order valence-corrected chi connectivity index (χ1v) is 11.2. The third-order valence-corrected chi connectivity index (χ3v) is 0.580. The van der Waals surface area contributed by atoms with E-state index in [0.717, 1.165) is 0 Å². The Kier molecular flexibility index (Phi) is 6.87. The van der Waals surface area contributed by atoms with E-state index in [1.54, 1.807) is 0 Å². The Balaban J connectivity index is 0.000000291. The standard InChI is InChI=1S/C5H3FN.HI.Zn/c6-5-3-1-2-4-7-5;;/h1,3-4H;1H;/q-1;;+2/p-1. The van der Waals surface area contributed by atoms with Crippen molar-refractivity contribution in [2.45, 2.75) is 0 Å². The van der Waals surface area contributed by atoms with Gasteiger partial charge in [0.25, 0.3) is 0 Å². The zero-order chi connectivity index (χ0) is 7.11. The summed E-state index contributed by atoms with van der Waals surface area (Å²) in [5.74, 6) is -0.459. The summed E-state index contributed by atoms with van der Waals surface area (Å²) < 4.78 is 11.8. The third-order valence-electron chi connectivity index (χ3n) is 0.580. The Morgan fingerprint density at radius 3 is 2.56 bits per heavy atom. The van der Waals surface area contributed by atoms with Crippen LogP contribution in [0.5, 0.6) is 0 Å². The number of aromatic nitrogens is 1. The van der Waals surface area contributed by atoms with Gasteiger partial charge in [-0.3, -0.25) is 4.98 Å². The maximum atomic E-state index is 11.8. The molecule has 0 spiro atoms. The van der Waals surface area contributed by atoms with Crippen molar-refractivity contribution in [3.63, 3.8) is 0 Å². The van der Waals surface area contributed by atoms with Crippen LogP contribution >= 0.6 is 19.8 Å². The molecule has 0 aromatic carbocycles. The van der Waals surface area contributed by atoms with Gasteiger partial charge in [0.05, 0.1) is 0 Å². The van der Waals surface area contributed by atoms with E-state index in [1.165, 1.54) is 33.1 Å². The molecule has 0 aliphatic rings. The van der Waals surface area contributed by atoms with E-state index in [0.29, 0.717) is 0 Å². The van der Waals surface area contributed by atoms with Crippen molar-refractivity contribution in [2.75, 3.05) is 0 Å². The second-order valence-electron chi connectivity index (χ2n) is 1.08. The summed E-state index contributed by atoms with van der Waals surface area (Å²) in [5.41, 5.74) is 0. The van der Waals surface area contributed by atoms with Crippen molar-refractivity contribution in [3.8, 4) is 0 Å². The van der Waals surface area contributed by atoms with Crippen LogP contribution < -0.4 is 0 Å². The van der Waals surface area contributed by atoms with E-state index in [9.17, 15) is 4.39 Å². The van der Waals surface area contributed by atoms with Gasteiger partial charge in [-0.1, -0.05) is 6.20 Å². The molecular weight excluding hydrogens is 285 g/mol. The molecule has 0 saturated heterocycles. The molecule has 0 atom stereocenters. The molecule has 0 saturated carbocycles. The molecule has 1 rings (SSSR count). The summed E-state index contributed by atoms with van der Waals surface area (Å²) >= 11 is 3.62. The molecule has 0 fully saturated rings. The fourth-order valence-electron chi connectivity index (χ4n) is 0.302. The van der Waals surface area contributed by atoms with E-state index in [1.807, 2.05) is 0 Å². The van der Waals surface area contributed by atoms with Crippen LogP contribution in [0.4, 0.5) is 4.39 Å². The average Bonchev–Trinajstić information content (AvgIpc) is 1.94. The number of nitrogens with zero attached hydrogens (tertiary/aromatic N) is 1. The van der Waals surface area contributed by atoms with Crippen LogP contribution in [0.25, 0.3) is 0 Å². The van der Waals surface area contributed by atoms with Gasteiger partial charge in [0.15, 0.2) is 0 Å². The van der Waals surface area contributed by atoms with Crippen molar-refractivity contribution in [2.24, 2.45) is 0 Å². The van der Waals surface area contributed by atoms with Crippen LogP contribution in [0, 0.1) is 12.0 Å². The Labute approximate surface area is 73.9 Å². The molecule has 4 heteroatoms. The van der Waals surface area contributed by atoms with Gasteiger partial charge in [0.1, 0.15) is 5.95 Å². The summed E-state index contributed by atoms with van der Waals surface area (Å²) in [5, 5.41) is 0. The number of rotatable bonds is 0. The number of hydrogen-bond acceptors (Lipinski definition) is 1. The first-order chi connectivity index (χ1) is 4.39. The first-order valence-electron chi connectivity index (χ1n) is 2.14. The molecule has 0 N–H and O–H groups in total. The molecular formula is C5H3FINZn. The Morgan fingerprint density at radius 2 is 2.33 bits per heavy atom. The second kappa shape index (κ2) is 6.55. The first kappa shape index (κ1) is 9.43. The van der Waals surface area contributed by atoms with E-state index in [2.05, 4.69) is 30.8 Å². The quantitative estimate of drug-likeness (QED) is 0.307. The number of pyridine rings is 1. The molecule has 0 radical (unpaired) electrons. The van der Waals surface area contributed by atoms with Crippen LogP contribution in [0.15, 0.2) is 18.3 Å². The van der Waals surface area contributed by atoms with E-state index >= 15 is 0 Å². The number of hydrogen-bond donors (Lipinski definition) is 0. The normalized spacial score (nSPS) is 7.56. The molecule has 1 aromatic rings. The summed E-state index contributed by atoms with van der Waals surface area (Å²) in [7, 11) is 0. The SMILES string of the molecule is Fc1cc[c-]cn1.[Zn+][I]. The number of halogens is 2. The second-order valence-corrected chi connectivity index (χ2v) is 1.08. The van der Waals surface area contributed by atoms with Crippen LogP contribution in [-0.4, -0.2) is 4.98 Å². The molecule has 0 unspecified atom stereocenters. The average molecular weight is 288 g/mol. The van der Waals surface area contributed by atoms with Crippen LogP contribution in [0.2, 0.25) is 0 Å². The van der Waals surface area contributed by atoms with E-state index in [4.69, 9.17) is 0 Å². The minimum atomic E-state index is -0.459. The molecule has 1 aromatic heterocycles. The Morgan fingerprint density at radius 1 is 1.67 bits per heavy atom. The van der Waals surface area contributed by atoms with Gasteiger partial charge >= 0.3 is 34.5 Å². The topological polar surface area (TPSA) is 12.9 Å². The van der Waals surface area contributed by atoms with Crippen molar-refractivity contribution >= 4 is 19.8 Å². The molecule has 1 nitrogen and oxygen atoms in total. The minimum absolute atomic E-state index is 0.459. The van der Waals surface area contributed by atoms with Gasteiger partial charge in [-0.2, -0.15) is 6.07 Å². The fourth-order valence-corrected chi connectivity index (χ4v) is 0.302. The van der Waals surface area contributed by atoms with Crippen molar-refractivity contribution in [3.05, 3.63) is 30.3 Å². The molecule has 1 heterocycles. The Hall–Kier alpha value is 0.433. The Bertz CT molecular complexity index is 147. The molecule has 44 valence electrons. The predicted octanol–water partition coefficient (Wildman–Crippen LogP) is 1.90. The van der Waals surface area contributed by atoms with Gasteiger partial charge in [-0.05, 0) is 0 Å².